The van der Waals surface area contributed by atoms with E-state index in [2.05, 4.69) is 0 Å². The summed E-state index contributed by atoms with van der Waals surface area (Å²) in [7, 11) is 0. The number of anilines is 1. The molecule has 2 amide bonds. The second-order valence-corrected chi connectivity index (χ2v) is 5.90. The summed E-state index contributed by atoms with van der Waals surface area (Å²) in [6, 6.07) is 13.3. The Labute approximate surface area is 143 Å². The van der Waals surface area contributed by atoms with E-state index >= 15 is 0 Å². The number of benzene rings is 2. The molecule has 2 aromatic carbocycles. The van der Waals surface area contributed by atoms with Crippen molar-refractivity contribution < 1.29 is 19.1 Å². The number of fused-ring (bicyclic) bond motifs is 1. The van der Waals surface area contributed by atoms with Crippen molar-refractivity contribution in [2.75, 3.05) is 4.90 Å². The third-order valence-electron chi connectivity index (χ3n) is 3.88. The fraction of sp³-hybridized carbons (Fsp3) is 0.167. The Morgan fingerprint density at radius 1 is 1.08 bits per heavy atom. The molecular formula is C18H14ClNO4. The number of carbonyl (C=O) groups is 3. The highest BCUT2D eigenvalue weighted by atomic mass is 35.5. The summed E-state index contributed by atoms with van der Waals surface area (Å²) in [5.74, 6) is -1.73. The second kappa shape index (κ2) is 5.76. The van der Waals surface area contributed by atoms with Crippen molar-refractivity contribution in [3.8, 4) is 0 Å². The summed E-state index contributed by atoms with van der Waals surface area (Å²) in [5.41, 5.74) is -0.532. The van der Waals surface area contributed by atoms with Gasteiger partial charge in [-0.15, -0.1) is 0 Å². The Kier molecular flexibility index (Phi) is 3.89. The Bertz CT molecular complexity index is 849. The van der Waals surface area contributed by atoms with Crippen molar-refractivity contribution >= 4 is 35.1 Å². The van der Waals surface area contributed by atoms with Crippen molar-refractivity contribution in [2.45, 2.75) is 19.4 Å². The molecule has 1 aliphatic heterocycles. The van der Waals surface area contributed by atoms with Crippen LogP contribution in [0.1, 0.15) is 25.0 Å². The molecule has 0 fully saturated rings. The van der Waals surface area contributed by atoms with Gasteiger partial charge in [-0.05, 0) is 18.2 Å². The average molecular weight is 344 g/mol. The molecule has 1 heterocycles. The third kappa shape index (κ3) is 2.29. The summed E-state index contributed by atoms with van der Waals surface area (Å²) in [4.78, 5) is 38.0. The maximum Gasteiger partial charge on any atom is 0.304 e. The minimum Gasteiger partial charge on any atom is -0.439 e. The van der Waals surface area contributed by atoms with E-state index < -0.39 is 23.4 Å². The molecular weight excluding hydrogens is 330 g/mol. The minimum absolute atomic E-state index is 0.363. The normalized spacial score (nSPS) is 19.1. The molecule has 0 aliphatic carbocycles. The lowest BCUT2D eigenvalue weighted by Crippen LogP contribution is -2.45. The van der Waals surface area contributed by atoms with Gasteiger partial charge in [0.1, 0.15) is 0 Å². The van der Waals surface area contributed by atoms with E-state index in [9.17, 15) is 14.4 Å². The van der Waals surface area contributed by atoms with Gasteiger partial charge >= 0.3 is 5.97 Å². The molecule has 1 aliphatic rings. The van der Waals surface area contributed by atoms with Gasteiger partial charge in [0.25, 0.3) is 5.91 Å². The van der Waals surface area contributed by atoms with Crippen LogP contribution in [0.5, 0.6) is 0 Å². The SMILES string of the molecule is CC(=O)OC1(c2ccccc2)C(=O)N(C(C)=O)c2ccc(Cl)cc21. The molecule has 2 aromatic rings. The van der Waals surface area contributed by atoms with E-state index in [1.165, 1.54) is 13.8 Å². The van der Waals surface area contributed by atoms with Crippen LogP contribution in [0.4, 0.5) is 5.69 Å². The van der Waals surface area contributed by atoms with Gasteiger partial charge in [-0.1, -0.05) is 41.9 Å². The second-order valence-electron chi connectivity index (χ2n) is 5.46. The monoisotopic (exact) mass is 343 g/mol. The molecule has 0 aromatic heterocycles. The van der Waals surface area contributed by atoms with Gasteiger partial charge in [0.15, 0.2) is 0 Å². The van der Waals surface area contributed by atoms with Gasteiger partial charge in [-0.25, -0.2) is 4.90 Å². The van der Waals surface area contributed by atoms with Crippen LogP contribution in [0.25, 0.3) is 0 Å². The lowest BCUT2D eigenvalue weighted by atomic mass is 9.87. The zero-order chi connectivity index (χ0) is 17.5. The van der Waals surface area contributed by atoms with Crippen LogP contribution in [0.2, 0.25) is 5.02 Å². The third-order valence-corrected chi connectivity index (χ3v) is 4.11. The largest absolute Gasteiger partial charge is 0.439 e. The first-order valence-corrected chi connectivity index (χ1v) is 7.66. The predicted octanol–water partition coefficient (Wildman–Crippen LogP) is 3.04. The van der Waals surface area contributed by atoms with E-state index in [1.807, 2.05) is 0 Å². The van der Waals surface area contributed by atoms with Crippen LogP contribution in [0, 0.1) is 0 Å². The van der Waals surface area contributed by atoms with Gasteiger partial charge in [0.05, 0.1) is 5.69 Å². The van der Waals surface area contributed by atoms with Gasteiger partial charge in [-0.2, -0.15) is 0 Å². The van der Waals surface area contributed by atoms with E-state index in [4.69, 9.17) is 16.3 Å². The smallest absolute Gasteiger partial charge is 0.304 e. The van der Waals surface area contributed by atoms with Crippen molar-refractivity contribution in [3.05, 3.63) is 64.7 Å². The van der Waals surface area contributed by atoms with Crippen molar-refractivity contribution in [1.82, 2.24) is 0 Å². The summed E-state index contributed by atoms with van der Waals surface area (Å²) >= 11 is 6.09. The van der Waals surface area contributed by atoms with Crippen LogP contribution in [-0.2, 0) is 24.7 Å². The highest BCUT2D eigenvalue weighted by molar-refractivity contribution is 6.31. The molecule has 3 rings (SSSR count). The first-order chi connectivity index (χ1) is 11.4. The van der Waals surface area contributed by atoms with E-state index in [1.54, 1.807) is 48.5 Å². The van der Waals surface area contributed by atoms with Crippen molar-refractivity contribution in [3.63, 3.8) is 0 Å². The molecule has 0 bridgehead atoms. The van der Waals surface area contributed by atoms with Gasteiger partial charge in [0.2, 0.25) is 11.5 Å². The van der Waals surface area contributed by atoms with Crippen molar-refractivity contribution in [1.29, 1.82) is 0 Å². The van der Waals surface area contributed by atoms with E-state index in [-0.39, 0.29) is 0 Å². The highest BCUT2D eigenvalue weighted by Gasteiger charge is 2.56. The average Bonchev–Trinajstić information content (AvgIpc) is 2.77. The first-order valence-electron chi connectivity index (χ1n) is 7.28. The number of amides is 2. The Hall–Kier alpha value is -2.66. The molecule has 5 nitrogen and oxygen atoms in total. The van der Waals surface area contributed by atoms with Crippen molar-refractivity contribution in [2.24, 2.45) is 0 Å². The zero-order valence-corrected chi connectivity index (χ0v) is 13.8. The number of imide groups is 1. The fourth-order valence-electron chi connectivity index (χ4n) is 3.00. The van der Waals surface area contributed by atoms with Crippen LogP contribution in [0.15, 0.2) is 48.5 Å². The van der Waals surface area contributed by atoms with E-state index in [0.29, 0.717) is 21.8 Å². The van der Waals surface area contributed by atoms with Gasteiger partial charge < -0.3 is 4.74 Å². The zero-order valence-electron chi connectivity index (χ0n) is 13.1. The minimum atomic E-state index is -1.72. The summed E-state index contributed by atoms with van der Waals surface area (Å²) in [6.07, 6.45) is 0. The molecule has 6 heteroatoms. The summed E-state index contributed by atoms with van der Waals surface area (Å²) in [6.45, 7) is 2.50. The van der Waals surface area contributed by atoms with Crippen LogP contribution >= 0.6 is 11.6 Å². The number of halogens is 1. The number of hydrogen-bond donors (Lipinski definition) is 0. The Balaban J connectivity index is 2.37. The number of nitrogens with zero attached hydrogens (tertiary/aromatic N) is 1. The van der Waals surface area contributed by atoms with Gasteiger partial charge in [-0.3, -0.25) is 14.4 Å². The predicted molar refractivity (Wildman–Crippen MR) is 88.6 cm³/mol. The Morgan fingerprint density at radius 3 is 2.33 bits per heavy atom. The maximum absolute atomic E-state index is 13.2. The highest BCUT2D eigenvalue weighted by Crippen LogP contribution is 2.48. The number of ether oxygens (including phenoxy) is 1. The molecule has 0 saturated heterocycles. The molecule has 1 atom stereocenters. The topological polar surface area (TPSA) is 63.7 Å². The lowest BCUT2D eigenvalue weighted by molar-refractivity contribution is -0.161. The molecule has 122 valence electrons. The Morgan fingerprint density at radius 2 is 1.75 bits per heavy atom. The van der Waals surface area contributed by atoms with Gasteiger partial charge in [0, 0.05) is 30.0 Å². The standard InChI is InChI=1S/C18H14ClNO4/c1-11(21)20-16-9-8-14(19)10-15(16)18(17(20)23,24-12(2)22)13-6-4-3-5-7-13/h3-10H,1-2H3. The van der Waals surface area contributed by atoms with E-state index in [0.717, 1.165) is 4.90 Å². The number of esters is 1. The molecule has 0 saturated carbocycles. The maximum atomic E-state index is 13.2. The molecule has 0 spiro atoms. The number of carbonyl (C=O) groups excluding carboxylic acids is 3. The van der Waals surface area contributed by atoms with Crippen LogP contribution < -0.4 is 4.90 Å². The molecule has 1 unspecified atom stereocenters. The first kappa shape index (κ1) is 16.2. The molecule has 0 N–H and O–H groups in total. The quantitative estimate of drug-likeness (QED) is 0.786. The fourth-order valence-corrected chi connectivity index (χ4v) is 3.18. The number of rotatable bonds is 2. The van der Waals surface area contributed by atoms with Crippen LogP contribution in [0.3, 0.4) is 0 Å². The summed E-state index contributed by atoms with van der Waals surface area (Å²) in [5, 5.41) is 0.374. The molecule has 0 radical (unpaired) electrons. The summed E-state index contributed by atoms with van der Waals surface area (Å²) < 4.78 is 5.52. The number of hydrogen-bond acceptors (Lipinski definition) is 4. The van der Waals surface area contributed by atoms with Crippen LogP contribution in [-0.4, -0.2) is 17.8 Å². The molecule has 24 heavy (non-hydrogen) atoms. The lowest BCUT2D eigenvalue weighted by Gasteiger charge is -2.28.